The van der Waals surface area contributed by atoms with Crippen molar-refractivity contribution in [3.63, 3.8) is 0 Å². The van der Waals surface area contributed by atoms with Crippen LogP contribution in [-0.2, 0) is 12.1 Å². The van der Waals surface area contributed by atoms with Gasteiger partial charge in [-0.05, 0) is 36.5 Å². The summed E-state index contributed by atoms with van der Waals surface area (Å²) in [6, 6.07) is 4.44. The second-order valence-corrected chi connectivity index (χ2v) is 6.12. The van der Waals surface area contributed by atoms with Crippen LogP contribution >= 0.6 is 11.6 Å². The highest BCUT2D eigenvalue weighted by Gasteiger charge is 2.33. The van der Waals surface area contributed by atoms with Crippen molar-refractivity contribution >= 4 is 17.3 Å². The zero-order valence-electron chi connectivity index (χ0n) is 12.2. The molecule has 0 N–H and O–H groups in total. The Hall–Kier alpha value is -0.900. The normalized spacial score (nSPS) is 17.0. The van der Waals surface area contributed by atoms with Gasteiger partial charge in [-0.25, -0.2) is 0 Å². The second kappa shape index (κ2) is 6.91. The van der Waals surface area contributed by atoms with Crippen LogP contribution in [0.2, 0.25) is 0 Å². The standard InChI is InChI=1S/C16H21ClF3N/c1-21(11-12-5-3-2-4-6-12)14-8-7-13(10-17)15(9-14)16(18,19)20/h7-9,12H,2-6,10-11H2,1H3. The molecule has 0 atom stereocenters. The third-order valence-electron chi connectivity index (χ3n) is 4.24. The Bertz CT molecular complexity index is 467. The molecule has 2 rings (SSSR count). The molecule has 21 heavy (non-hydrogen) atoms. The maximum Gasteiger partial charge on any atom is 0.416 e. The van der Waals surface area contributed by atoms with Gasteiger partial charge in [-0.15, -0.1) is 11.6 Å². The number of alkyl halides is 4. The van der Waals surface area contributed by atoms with Crippen molar-refractivity contribution in [1.82, 2.24) is 0 Å². The molecule has 0 unspecified atom stereocenters. The first kappa shape index (κ1) is 16.5. The first-order chi connectivity index (χ1) is 9.91. The Balaban J connectivity index is 2.15. The van der Waals surface area contributed by atoms with Gasteiger partial charge in [0.2, 0.25) is 0 Å². The minimum absolute atomic E-state index is 0.124. The minimum Gasteiger partial charge on any atom is -0.374 e. The van der Waals surface area contributed by atoms with Crippen molar-refractivity contribution in [3.05, 3.63) is 29.3 Å². The van der Waals surface area contributed by atoms with Crippen LogP contribution in [0.4, 0.5) is 18.9 Å². The van der Waals surface area contributed by atoms with Crippen molar-refractivity contribution in [1.29, 1.82) is 0 Å². The van der Waals surface area contributed by atoms with E-state index in [0.717, 1.165) is 6.54 Å². The van der Waals surface area contributed by atoms with E-state index >= 15 is 0 Å². The number of hydrogen-bond donors (Lipinski definition) is 0. The minimum atomic E-state index is -4.36. The first-order valence-corrected chi connectivity index (χ1v) is 7.92. The van der Waals surface area contributed by atoms with Crippen molar-refractivity contribution in [2.45, 2.75) is 44.2 Å². The summed E-state index contributed by atoms with van der Waals surface area (Å²) in [5.74, 6) is 0.465. The highest BCUT2D eigenvalue weighted by Crippen LogP contribution is 2.35. The summed E-state index contributed by atoms with van der Waals surface area (Å²) in [7, 11) is 1.87. The van der Waals surface area contributed by atoms with Gasteiger partial charge < -0.3 is 4.90 Å². The van der Waals surface area contributed by atoms with Gasteiger partial charge in [0.15, 0.2) is 0 Å². The molecule has 1 aliphatic rings. The maximum atomic E-state index is 13.1. The molecule has 0 spiro atoms. The monoisotopic (exact) mass is 319 g/mol. The van der Waals surface area contributed by atoms with Crippen LogP contribution < -0.4 is 4.90 Å². The number of benzene rings is 1. The summed E-state index contributed by atoms with van der Waals surface area (Å²) in [6.45, 7) is 0.817. The number of nitrogens with zero attached hydrogens (tertiary/aromatic N) is 1. The van der Waals surface area contributed by atoms with Crippen molar-refractivity contribution in [2.24, 2.45) is 5.92 Å². The Morgan fingerprint density at radius 1 is 1.19 bits per heavy atom. The smallest absolute Gasteiger partial charge is 0.374 e. The number of rotatable bonds is 4. The van der Waals surface area contributed by atoms with E-state index in [2.05, 4.69) is 0 Å². The molecular formula is C16H21ClF3N. The van der Waals surface area contributed by atoms with E-state index in [-0.39, 0.29) is 11.4 Å². The lowest BCUT2D eigenvalue weighted by molar-refractivity contribution is -0.138. The van der Waals surface area contributed by atoms with E-state index in [1.807, 2.05) is 11.9 Å². The molecule has 0 aromatic heterocycles. The van der Waals surface area contributed by atoms with Gasteiger partial charge in [0.1, 0.15) is 0 Å². The van der Waals surface area contributed by atoms with Crippen LogP contribution in [0.1, 0.15) is 43.2 Å². The third kappa shape index (κ3) is 4.29. The van der Waals surface area contributed by atoms with Gasteiger partial charge >= 0.3 is 6.18 Å². The lowest BCUT2D eigenvalue weighted by Gasteiger charge is -2.29. The van der Waals surface area contributed by atoms with Crippen LogP contribution in [0.5, 0.6) is 0 Å². The summed E-state index contributed by atoms with van der Waals surface area (Å²) in [6.07, 6.45) is 1.75. The predicted octanol–water partition coefficient (Wildman–Crippen LogP) is 5.46. The van der Waals surface area contributed by atoms with Crippen LogP contribution in [0, 0.1) is 5.92 Å². The lowest BCUT2D eigenvalue weighted by atomic mass is 9.89. The second-order valence-electron chi connectivity index (χ2n) is 5.86. The average Bonchev–Trinajstić information content (AvgIpc) is 2.46. The fourth-order valence-electron chi connectivity index (χ4n) is 3.04. The molecule has 1 fully saturated rings. The summed E-state index contributed by atoms with van der Waals surface area (Å²) in [5, 5.41) is 0. The van der Waals surface area contributed by atoms with Gasteiger partial charge in [-0.2, -0.15) is 13.2 Å². The Morgan fingerprint density at radius 3 is 2.43 bits per heavy atom. The van der Waals surface area contributed by atoms with Gasteiger partial charge in [0, 0.05) is 25.2 Å². The van der Waals surface area contributed by atoms with Crippen molar-refractivity contribution in [3.8, 4) is 0 Å². The highest BCUT2D eigenvalue weighted by molar-refractivity contribution is 6.17. The first-order valence-electron chi connectivity index (χ1n) is 7.39. The molecule has 118 valence electrons. The average molecular weight is 320 g/mol. The summed E-state index contributed by atoms with van der Waals surface area (Å²) < 4.78 is 39.2. The number of anilines is 1. The van der Waals surface area contributed by atoms with Gasteiger partial charge in [0.05, 0.1) is 5.56 Å². The Morgan fingerprint density at radius 2 is 1.86 bits per heavy atom. The van der Waals surface area contributed by atoms with E-state index in [4.69, 9.17) is 11.6 Å². The molecule has 0 bridgehead atoms. The predicted molar refractivity (Wildman–Crippen MR) is 80.8 cm³/mol. The molecule has 1 aromatic rings. The zero-order valence-corrected chi connectivity index (χ0v) is 13.0. The molecule has 5 heteroatoms. The van der Waals surface area contributed by atoms with Crippen LogP contribution in [0.15, 0.2) is 18.2 Å². The SMILES string of the molecule is CN(CC1CCCCC1)c1ccc(CCl)c(C(F)(F)F)c1. The van der Waals surface area contributed by atoms with Crippen molar-refractivity contribution < 1.29 is 13.2 Å². The summed E-state index contributed by atoms with van der Waals surface area (Å²) >= 11 is 5.61. The van der Waals surface area contributed by atoms with Crippen LogP contribution in [-0.4, -0.2) is 13.6 Å². The summed E-state index contributed by atoms with van der Waals surface area (Å²) in [4.78, 5) is 1.93. The van der Waals surface area contributed by atoms with E-state index in [0.29, 0.717) is 11.6 Å². The third-order valence-corrected chi connectivity index (χ3v) is 4.53. The molecule has 0 amide bonds. The van der Waals surface area contributed by atoms with E-state index in [1.165, 1.54) is 44.2 Å². The topological polar surface area (TPSA) is 3.24 Å². The Kier molecular flexibility index (Phi) is 5.42. The van der Waals surface area contributed by atoms with E-state index in [1.54, 1.807) is 6.07 Å². The fourth-order valence-corrected chi connectivity index (χ4v) is 3.28. The quantitative estimate of drug-likeness (QED) is 0.666. The largest absolute Gasteiger partial charge is 0.416 e. The van der Waals surface area contributed by atoms with Gasteiger partial charge in [-0.1, -0.05) is 25.3 Å². The Labute approximate surface area is 129 Å². The molecule has 0 radical (unpaired) electrons. The fraction of sp³-hybridized carbons (Fsp3) is 0.625. The van der Waals surface area contributed by atoms with Gasteiger partial charge in [-0.3, -0.25) is 0 Å². The molecule has 1 saturated carbocycles. The maximum absolute atomic E-state index is 13.1. The van der Waals surface area contributed by atoms with E-state index < -0.39 is 11.7 Å². The molecular weight excluding hydrogens is 299 g/mol. The zero-order chi connectivity index (χ0) is 15.5. The molecule has 0 aliphatic heterocycles. The van der Waals surface area contributed by atoms with Crippen LogP contribution in [0.25, 0.3) is 0 Å². The lowest BCUT2D eigenvalue weighted by Crippen LogP contribution is -2.27. The summed E-state index contributed by atoms with van der Waals surface area (Å²) in [5.41, 5.74) is 0.131. The molecule has 1 aliphatic carbocycles. The molecule has 1 nitrogen and oxygen atoms in total. The number of halogens is 4. The van der Waals surface area contributed by atoms with Gasteiger partial charge in [0.25, 0.3) is 0 Å². The number of hydrogen-bond acceptors (Lipinski definition) is 1. The molecule has 0 heterocycles. The van der Waals surface area contributed by atoms with Crippen LogP contribution in [0.3, 0.4) is 0 Å². The highest BCUT2D eigenvalue weighted by atomic mass is 35.5. The van der Waals surface area contributed by atoms with Crippen molar-refractivity contribution in [2.75, 3.05) is 18.5 Å². The molecule has 0 saturated heterocycles. The van der Waals surface area contributed by atoms with E-state index in [9.17, 15) is 13.2 Å². The molecule has 1 aromatic carbocycles.